The Hall–Kier alpha value is -0.160. The van der Waals surface area contributed by atoms with Crippen LogP contribution in [-0.2, 0) is 14.2 Å². The maximum atomic E-state index is 9.31. The summed E-state index contributed by atoms with van der Waals surface area (Å²) in [5, 5.41) is 9.31. The van der Waals surface area contributed by atoms with E-state index in [4.69, 9.17) is 14.2 Å². The van der Waals surface area contributed by atoms with Crippen molar-refractivity contribution in [3.05, 3.63) is 0 Å². The van der Waals surface area contributed by atoms with E-state index in [2.05, 4.69) is 0 Å². The number of fused-ring (bicyclic) bond motifs is 1. The van der Waals surface area contributed by atoms with Gasteiger partial charge in [0.1, 0.15) is 24.4 Å². The smallest absolute Gasteiger partial charge is 0.115 e. The Balaban J connectivity index is 2.04. The van der Waals surface area contributed by atoms with Crippen LogP contribution in [-0.4, -0.2) is 49.8 Å². The zero-order valence-electron chi connectivity index (χ0n) is 6.40. The SMILES string of the molecule is CO[C@H]1COC2[C@@H](O)CO[C@@H]21. The first-order valence-corrected chi connectivity index (χ1v) is 3.77. The summed E-state index contributed by atoms with van der Waals surface area (Å²) in [6, 6.07) is 0. The van der Waals surface area contributed by atoms with E-state index in [1.54, 1.807) is 7.11 Å². The highest BCUT2D eigenvalue weighted by atomic mass is 16.6. The quantitative estimate of drug-likeness (QED) is 0.543. The largest absolute Gasteiger partial charge is 0.388 e. The van der Waals surface area contributed by atoms with E-state index in [0.717, 1.165) is 0 Å². The minimum atomic E-state index is -0.472. The monoisotopic (exact) mass is 160 g/mol. The fourth-order valence-electron chi connectivity index (χ4n) is 1.65. The van der Waals surface area contributed by atoms with Crippen molar-refractivity contribution in [2.45, 2.75) is 24.4 Å². The van der Waals surface area contributed by atoms with E-state index in [1.807, 2.05) is 0 Å². The molecule has 1 unspecified atom stereocenters. The van der Waals surface area contributed by atoms with Crippen LogP contribution in [0.5, 0.6) is 0 Å². The molecule has 1 N–H and O–H groups in total. The summed E-state index contributed by atoms with van der Waals surface area (Å²) in [6.07, 6.45) is -0.702. The number of methoxy groups -OCH3 is 1. The van der Waals surface area contributed by atoms with Gasteiger partial charge in [0.25, 0.3) is 0 Å². The van der Waals surface area contributed by atoms with Gasteiger partial charge in [-0.05, 0) is 0 Å². The first-order valence-electron chi connectivity index (χ1n) is 3.77. The zero-order valence-corrected chi connectivity index (χ0v) is 6.40. The van der Waals surface area contributed by atoms with Crippen molar-refractivity contribution in [2.24, 2.45) is 0 Å². The normalized spacial score (nSPS) is 49.6. The molecule has 2 aliphatic heterocycles. The van der Waals surface area contributed by atoms with Gasteiger partial charge in [0.05, 0.1) is 13.2 Å². The predicted molar refractivity (Wildman–Crippen MR) is 36.3 cm³/mol. The van der Waals surface area contributed by atoms with Gasteiger partial charge in [0, 0.05) is 7.11 Å². The van der Waals surface area contributed by atoms with Crippen LogP contribution in [0, 0.1) is 0 Å². The predicted octanol–water partition coefficient (Wildman–Crippen LogP) is -0.840. The number of aliphatic hydroxyl groups excluding tert-OH is 1. The molecule has 4 nitrogen and oxygen atoms in total. The molecule has 2 saturated heterocycles. The molecule has 0 spiro atoms. The number of aliphatic hydroxyl groups is 1. The van der Waals surface area contributed by atoms with E-state index in [-0.39, 0.29) is 18.3 Å². The van der Waals surface area contributed by atoms with E-state index >= 15 is 0 Å². The molecular weight excluding hydrogens is 148 g/mol. The minimum absolute atomic E-state index is 0.00264. The van der Waals surface area contributed by atoms with Crippen LogP contribution >= 0.6 is 0 Å². The van der Waals surface area contributed by atoms with Gasteiger partial charge in [0.15, 0.2) is 0 Å². The Morgan fingerprint density at radius 1 is 1.27 bits per heavy atom. The molecule has 64 valence electrons. The molecule has 0 amide bonds. The van der Waals surface area contributed by atoms with Gasteiger partial charge in [-0.25, -0.2) is 0 Å². The van der Waals surface area contributed by atoms with Crippen molar-refractivity contribution in [3.63, 3.8) is 0 Å². The highest BCUT2D eigenvalue weighted by molar-refractivity contribution is 4.94. The van der Waals surface area contributed by atoms with Gasteiger partial charge >= 0.3 is 0 Å². The summed E-state index contributed by atoms with van der Waals surface area (Å²) in [5.41, 5.74) is 0. The van der Waals surface area contributed by atoms with Crippen LogP contribution < -0.4 is 0 Å². The lowest BCUT2D eigenvalue weighted by Crippen LogP contribution is -2.32. The van der Waals surface area contributed by atoms with Crippen LogP contribution in [0.15, 0.2) is 0 Å². The van der Waals surface area contributed by atoms with Gasteiger partial charge in [-0.2, -0.15) is 0 Å². The molecule has 0 aromatic heterocycles. The topological polar surface area (TPSA) is 47.9 Å². The first-order chi connectivity index (χ1) is 5.33. The molecule has 11 heavy (non-hydrogen) atoms. The lowest BCUT2D eigenvalue weighted by atomic mass is 10.1. The van der Waals surface area contributed by atoms with Crippen LogP contribution in [0.3, 0.4) is 0 Å². The average molecular weight is 160 g/mol. The molecule has 2 rings (SSSR count). The van der Waals surface area contributed by atoms with Gasteiger partial charge in [-0.1, -0.05) is 0 Å². The second-order valence-electron chi connectivity index (χ2n) is 2.94. The maximum absolute atomic E-state index is 9.31. The lowest BCUT2D eigenvalue weighted by Gasteiger charge is -2.12. The third-order valence-corrected chi connectivity index (χ3v) is 2.28. The van der Waals surface area contributed by atoms with Crippen LogP contribution in [0.2, 0.25) is 0 Å². The summed E-state index contributed by atoms with van der Waals surface area (Å²) in [6.45, 7) is 0.901. The van der Waals surface area contributed by atoms with Crippen LogP contribution in [0.25, 0.3) is 0 Å². The summed E-state index contributed by atoms with van der Waals surface area (Å²) in [5.74, 6) is 0. The summed E-state index contributed by atoms with van der Waals surface area (Å²) < 4.78 is 15.7. The second kappa shape index (κ2) is 2.71. The van der Waals surface area contributed by atoms with E-state index < -0.39 is 6.10 Å². The molecule has 4 atom stereocenters. The van der Waals surface area contributed by atoms with E-state index in [0.29, 0.717) is 13.2 Å². The molecule has 2 fully saturated rings. The van der Waals surface area contributed by atoms with Crippen molar-refractivity contribution < 1.29 is 19.3 Å². The molecular formula is C7H12O4. The Labute approximate surface area is 65.1 Å². The van der Waals surface area contributed by atoms with Crippen molar-refractivity contribution in [1.82, 2.24) is 0 Å². The van der Waals surface area contributed by atoms with E-state index in [1.165, 1.54) is 0 Å². The number of hydrogen-bond donors (Lipinski definition) is 1. The second-order valence-corrected chi connectivity index (χ2v) is 2.94. The number of ether oxygens (including phenoxy) is 3. The third kappa shape index (κ3) is 1.06. The van der Waals surface area contributed by atoms with Crippen molar-refractivity contribution >= 4 is 0 Å². The molecule has 0 saturated carbocycles. The number of hydrogen-bond acceptors (Lipinski definition) is 4. The Morgan fingerprint density at radius 2 is 2.00 bits per heavy atom. The van der Waals surface area contributed by atoms with Crippen LogP contribution in [0.1, 0.15) is 0 Å². The minimum Gasteiger partial charge on any atom is -0.388 e. The first kappa shape index (κ1) is 7.49. The molecule has 2 heterocycles. The highest BCUT2D eigenvalue weighted by Crippen LogP contribution is 2.28. The standard InChI is InChI=1S/C7H12O4/c1-9-5-3-11-6-4(8)2-10-7(5)6/h4-8H,2-3H2,1H3/t4-,5-,6?,7+/m0/s1. The van der Waals surface area contributed by atoms with Gasteiger partial charge in [0.2, 0.25) is 0 Å². The highest BCUT2D eigenvalue weighted by Gasteiger charge is 2.47. The van der Waals surface area contributed by atoms with Gasteiger partial charge in [-0.3, -0.25) is 0 Å². The molecule has 0 aromatic rings. The lowest BCUT2D eigenvalue weighted by molar-refractivity contribution is -0.0168. The third-order valence-electron chi connectivity index (χ3n) is 2.28. The van der Waals surface area contributed by atoms with Crippen LogP contribution in [0.4, 0.5) is 0 Å². The molecule has 2 aliphatic rings. The molecule has 0 aliphatic carbocycles. The summed E-state index contributed by atoms with van der Waals surface area (Å²) in [7, 11) is 1.63. The van der Waals surface area contributed by atoms with E-state index in [9.17, 15) is 5.11 Å². The maximum Gasteiger partial charge on any atom is 0.115 e. The van der Waals surface area contributed by atoms with Crippen molar-refractivity contribution in [1.29, 1.82) is 0 Å². The van der Waals surface area contributed by atoms with Crippen molar-refractivity contribution in [3.8, 4) is 0 Å². The fourth-order valence-corrected chi connectivity index (χ4v) is 1.65. The molecule has 0 aromatic carbocycles. The zero-order chi connectivity index (χ0) is 7.84. The molecule has 0 radical (unpaired) electrons. The van der Waals surface area contributed by atoms with Crippen molar-refractivity contribution in [2.75, 3.05) is 20.3 Å². The van der Waals surface area contributed by atoms with Gasteiger partial charge in [-0.15, -0.1) is 0 Å². The Bertz CT molecular complexity index is 149. The fraction of sp³-hybridized carbons (Fsp3) is 1.00. The molecule has 4 heteroatoms. The average Bonchev–Trinajstić information content (AvgIpc) is 2.53. The summed E-state index contributed by atoms with van der Waals surface area (Å²) >= 11 is 0. The number of rotatable bonds is 1. The Kier molecular flexibility index (Phi) is 1.85. The summed E-state index contributed by atoms with van der Waals surface area (Å²) in [4.78, 5) is 0. The van der Waals surface area contributed by atoms with Gasteiger partial charge < -0.3 is 19.3 Å². The Morgan fingerprint density at radius 3 is 2.73 bits per heavy atom. The molecule has 0 bridgehead atoms.